The van der Waals surface area contributed by atoms with Crippen molar-refractivity contribution in [2.75, 3.05) is 11.9 Å². The van der Waals surface area contributed by atoms with Gasteiger partial charge in [0.2, 0.25) is 0 Å². The number of anilines is 1. The number of rotatable bonds is 5. The average Bonchev–Trinajstić information content (AvgIpc) is 2.21. The smallest absolute Gasteiger partial charge is 0.0489 e. The molecule has 0 aliphatic heterocycles. The van der Waals surface area contributed by atoms with Gasteiger partial charge >= 0.3 is 0 Å². The molecular formula is C13H21BrN2. The van der Waals surface area contributed by atoms with Crippen molar-refractivity contribution in [3.63, 3.8) is 0 Å². The van der Waals surface area contributed by atoms with E-state index < -0.39 is 0 Å². The highest BCUT2D eigenvalue weighted by Gasteiger charge is 2.10. The quantitative estimate of drug-likeness (QED) is 0.868. The first-order chi connectivity index (χ1) is 7.52. The van der Waals surface area contributed by atoms with Gasteiger partial charge < -0.3 is 11.1 Å². The van der Waals surface area contributed by atoms with Crippen LogP contribution >= 0.6 is 15.9 Å². The molecule has 1 aromatic rings. The lowest BCUT2D eigenvalue weighted by Crippen LogP contribution is -2.30. The first-order valence-electron chi connectivity index (χ1n) is 5.75. The monoisotopic (exact) mass is 284 g/mol. The minimum atomic E-state index is 0.345. The minimum Gasteiger partial charge on any atom is -0.380 e. The highest BCUT2D eigenvalue weighted by atomic mass is 79.9. The third-order valence-corrected chi connectivity index (χ3v) is 3.21. The standard InChI is InChI=1S/C13H21BrN2/c1-9(2)6-11(8-15)16-13-7-10(3)4-5-12(13)14/h4-5,7,9,11,16H,6,8,15H2,1-3H3. The predicted octanol–water partition coefficient (Wildman–Crippen LogP) is 3.54. The van der Waals surface area contributed by atoms with Crippen LogP contribution in [-0.4, -0.2) is 12.6 Å². The summed E-state index contributed by atoms with van der Waals surface area (Å²) in [6.07, 6.45) is 1.09. The second-order valence-corrected chi connectivity index (χ2v) is 5.54. The van der Waals surface area contributed by atoms with Crippen molar-refractivity contribution in [2.24, 2.45) is 11.7 Å². The second kappa shape index (κ2) is 6.26. The van der Waals surface area contributed by atoms with Crippen molar-refractivity contribution >= 4 is 21.6 Å². The van der Waals surface area contributed by atoms with Crippen LogP contribution < -0.4 is 11.1 Å². The first-order valence-corrected chi connectivity index (χ1v) is 6.55. The van der Waals surface area contributed by atoms with Crippen molar-refractivity contribution in [1.82, 2.24) is 0 Å². The molecule has 0 heterocycles. The molecule has 1 aromatic carbocycles. The van der Waals surface area contributed by atoms with Gasteiger partial charge in [-0.25, -0.2) is 0 Å². The summed E-state index contributed by atoms with van der Waals surface area (Å²) in [4.78, 5) is 0. The molecule has 0 aliphatic carbocycles. The molecule has 2 nitrogen and oxygen atoms in total. The molecule has 0 saturated carbocycles. The molecule has 0 saturated heterocycles. The van der Waals surface area contributed by atoms with Gasteiger partial charge in [0, 0.05) is 22.7 Å². The maximum Gasteiger partial charge on any atom is 0.0489 e. The number of benzene rings is 1. The molecule has 1 atom stereocenters. The molecular weight excluding hydrogens is 264 g/mol. The number of halogens is 1. The third kappa shape index (κ3) is 4.14. The van der Waals surface area contributed by atoms with Gasteiger partial charge in [0.25, 0.3) is 0 Å². The molecule has 16 heavy (non-hydrogen) atoms. The lowest BCUT2D eigenvalue weighted by molar-refractivity contribution is 0.522. The van der Waals surface area contributed by atoms with Crippen LogP contribution in [0.4, 0.5) is 5.69 Å². The summed E-state index contributed by atoms with van der Waals surface area (Å²) in [6, 6.07) is 6.65. The van der Waals surface area contributed by atoms with Crippen molar-refractivity contribution in [1.29, 1.82) is 0 Å². The van der Waals surface area contributed by atoms with Gasteiger partial charge in [-0.15, -0.1) is 0 Å². The minimum absolute atomic E-state index is 0.345. The van der Waals surface area contributed by atoms with Crippen LogP contribution in [0.3, 0.4) is 0 Å². The Hall–Kier alpha value is -0.540. The zero-order valence-electron chi connectivity index (χ0n) is 10.3. The SMILES string of the molecule is Cc1ccc(Br)c(NC(CN)CC(C)C)c1. The highest BCUT2D eigenvalue weighted by molar-refractivity contribution is 9.10. The Bertz CT molecular complexity index is 337. The van der Waals surface area contributed by atoms with Gasteiger partial charge in [0.05, 0.1) is 0 Å². The Kier molecular flexibility index (Phi) is 5.29. The zero-order chi connectivity index (χ0) is 12.1. The van der Waals surface area contributed by atoms with E-state index in [0.29, 0.717) is 18.5 Å². The number of nitrogens with one attached hydrogen (secondary N) is 1. The normalized spacial score (nSPS) is 12.9. The van der Waals surface area contributed by atoms with E-state index in [0.717, 1.165) is 16.6 Å². The Balaban J connectivity index is 2.73. The van der Waals surface area contributed by atoms with Crippen LogP contribution in [0.2, 0.25) is 0 Å². The lowest BCUT2D eigenvalue weighted by atomic mass is 10.0. The molecule has 90 valence electrons. The summed E-state index contributed by atoms with van der Waals surface area (Å²) in [7, 11) is 0. The van der Waals surface area contributed by atoms with Gasteiger partial charge in [-0.1, -0.05) is 19.9 Å². The molecule has 1 rings (SSSR count). The van der Waals surface area contributed by atoms with Gasteiger partial charge in [0.15, 0.2) is 0 Å². The van der Waals surface area contributed by atoms with Crippen molar-refractivity contribution in [2.45, 2.75) is 33.2 Å². The fourth-order valence-electron chi connectivity index (χ4n) is 1.75. The van der Waals surface area contributed by atoms with Gasteiger partial charge in [-0.2, -0.15) is 0 Å². The van der Waals surface area contributed by atoms with E-state index in [1.54, 1.807) is 0 Å². The molecule has 0 aliphatic rings. The molecule has 1 unspecified atom stereocenters. The molecule has 0 bridgehead atoms. The Morgan fingerprint density at radius 3 is 2.62 bits per heavy atom. The van der Waals surface area contributed by atoms with Crippen LogP contribution in [0, 0.1) is 12.8 Å². The number of aryl methyl sites for hydroxylation is 1. The summed E-state index contributed by atoms with van der Waals surface area (Å²) < 4.78 is 1.10. The Morgan fingerprint density at radius 1 is 1.38 bits per heavy atom. The number of nitrogens with two attached hydrogens (primary N) is 1. The van der Waals surface area contributed by atoms with Crippen molar-refractivity contribution in [3.8, 4) is 0 Å². The van der Waals surface area contributed by atoms with Crippen LogP contribution in [0.25, 0.3) is 0 Å². The highest BCUT2D eigenvalue weighted by Crippen LogP contribution is 2.24. The maximum atomic E-state index is 5.78. The van der Waals surface area contributed by atoms with E-state index in [1.807, 2.05) is 0 Å². The molecule has 0 spiro atoms. The molecule has 3 heteroatoms. The molecule has 0 amide bonds. The van der Waals surface area contributed by atoms with E-state index in [-0.39, 0.29) is 0 Å². The summed E-state index contributed by atoms with van der Waals surface area (Å²) in [6.45, 7) is 7.20. The molecule has 0 radical (unpaired) electrons. The summed E-state index contributed by atoms with van der Waals surface area (Å²) in [5.41, 5.74) is 8.17. The lowest BCUT2D eigenvalue weighted by Gasteiger charge is -2.21. The first kappa shape index (κ1) is 13.5. The van der Waals surface area contributed by atoms with Gasteiger partial charge in [0.1, 0.15) is 0 Å². The Morgan fingerprint density at radius 2 is 2.06 bits per heavy atom. The van der Waals surface area contributed by atoms with E-state index in [4.69, 9.17) is 5.73 Å². The summed E-state index contributed by atoms with van der Waals surface area (Å²) in [5.74, 6) is 0.657. The van der Waals surface area contributed by atoms with Crippen LogP contribution in [0.1, 0.15) is 25.8 Å². The zero-order valence-corrected chi connectivity index (χ0v) is 11.8. The average molecular weight is 285 g/mol. The van der Waals surface area contributed by atoms with Crippen molar-refractivity contribution in [3.05, 3.63) is 28.2 Å². The van der Waals surface area contributed by atoms with Crippen molar-refractivity contribution < 1.29 is 0 Å². The third-order valence-electron chi connectivity index (χ3n) is 2.52. The van der Waals surface area contributed by atoms with Crippen LogP contribution in [0.5, 0.6) is 0 Å². The number of hydrogen-bond acceptors (Lipinski definition) is 2. The fourth-order valence-corrected chi connectivity index (χ4v) is 2.11. The van der Waals surface area contributed by atoms with Gasteiger partial charge in [-0.3, -0.25) is 0 Å². The van der Waals surface area contributed by atoms with E-state index in [1.165, 1.54) is 5.56 Å². The van der Waals surface area contributed by atoms with Crippen LogP contribution in [0.15, 0.2) is 22.7 Å². The number of hydrogen-bond donors (Lipinski definition) is 2. The largest absolute Gasteiger partial charge is 0.380 e. The summed E-state index contributed by atoms with van der Waals surface area (Å²) >= 11 is 3.55. The van der Waals surface area contributed by atoms with Crippen LogP contribution in [-0.2, 0) is 0 Å². The van der Waals surface area contributed by atoms with E-state index in [2.05, 4.69) is 60.2 Å². The second-order valence-electron chi connectivity index (χ2n) is 4.69. The predicted molar refractivity (Wildman–Crippen MR) is 74.8 cm³/mol. The topological polar surface area (TPSA) is 38.0 Å². The molecule has 3 N–H and O–H groups in total. The molecule has 0 aromatic heterocycles. The van der Waals surface area contributed by atoms with Gasteiger partial charge in [-0.05, 0) is 52.9 Å². The fraction of sp³-hybridized carbons (Fsp3) is 0.538. The van der Waals surface area contributed by atoms with E-state index in [9.17, 15) is 0 Å². The molecule has 0 fully saturated rings. The van der Waals surface area contributed by atoms with E-state index >= 15 is 0 Å². The summed E-state index contributed by atoms with van der Waals surface area (Å²) in [5, 5.41) is 3.50. The maximum absolute atomic E-state index is 5.78. The Labute approximate surface area is 107 Å².